The highest BCUT2D eigenvalue weighted by atomic mass is 16.2. The van der Waals surface area contributed by atoms with Crippen molar-refractivity contribution in [3.05, 3.63) is 0 Å². The number of amides is 2. The number of imide groups is 1. The monoisotopic (exact) mass is 211 g/mol. The Labute approximate surface area is 91.8 Å². The average Bonchev–Trinajstić information content (AvgIpc) is 2.78. The van der Waals surface area contributed by atoms with Gasteiger partial charge in [0.15, 0.2) is 0 Å². The molecule has 1 atom stereocenters. The number of hydrogen-bond acceptors (Lipinski definition) is 2. The van der Waals surface area contributed by atoms with Gasteiger partial charge in [-0.2, -0.15) is 0 Å². The van der Waals surface area contributed by atoms with Crippen LogP contribution in [0.4, 0.5) is 0 Å². The molecule has 0 bridgehead atoms. The number of carbonyl (C=O) groups excluding carboxylic acids is 2. The van der Waals surface area contributed by atoms with Gasteiger partial charge >= 0.3 is 0 Å². The summed E-state index contributed by atoms with van der Waals surface area (Å²) in [5, 5.41) is 0. The smallest absolute Gasteiger partial charge is 0.232 e. The topological polar surface area (TPSA) is 37.4 Å². The molecule has 0 aromatic heterocycles. The van der Waals surface area contributed by atoms with Crippen LogP contribution in [0.15, 0.2) is 0 Å². The molecule has 0 spiro atoms. The van der Waals surface area contributed by atoms with E-state index in [-0.39, 0.29) is 23.7 Å². The number of carbonyl (C=O) groups is 2. The zero-order valence-corrected chi connectivity index (χ0v) is 9.95. The minimum absolute atomic E-state index is 0.0257. The first-order valence-electron chi connectivity index (χ1n) is 5.89. The van der Waals surface area contributed by atoms with E-state index in [4.69, 9.17) is 0 Å². The summed E-state index contributed by atoms with van der Waals surface area (Å²) in [7, 11) is 1.62. The second-order valence-electron chi connectivity index (χ2n) is 4.53. The van der Waals surface area contributed by atoms with Crippen LogP contribution in [0.5, 0.6) is 0 Å². The second kappa shape index (κ2) is 5.29. The summed E-state index contributed by atoms with van der Waals surface area (Å²) in [6, 6.07) is 0. The van der Waals surface area contributed by atoms with Gasteiger partial charge in [-0.15, -0.1) is 0 Å². The highest BCUT2D eigenvalue weighted by Crippen LogP contribution is 2.26. The van der Waals surface area contributed by atoms with Crippen molar-refractivity contribution in [2.45, 2.75) is 46.0 Å². The van der Waals surface area contributed by atoms with Crippen molar-refractivity contribution in [3.8, 4) is 0 Å². The minimum atomic E-state index is -0.0413. The van der Waals surface area contributed by atoms with Gasteiger partial charge in [0.25, 0.3) is 0 Å². The molecule has 1 saturated carbocycles. The summed E-state index contributed by atoms with van der Waals surface area (Å²) in [6.45, 7) is 3.84. The van der Waals surface area contributed by atoms with Crippen molar-refractivity contribution < 1.29 is 9.59 Å². The molecule has 3 nitrogen and oxygen atoms in total. The molecule has 0 N–H and O–H groups in total. The van der Waals surface area contributed by atoms with Gasteiger partial charge < -0.3 is 0 Å². The first-order valence-corrected chi connectivity index (χ1v) is 5.89. The summed E-state index contributed by atoms with van der Waals surface area (Å²) in [6.07, 6.45) is 4.96. The predicted molar refractivity (Wildman–Crippen MR) is 59.2 cm³/mol. The molecular formula is C12H21NO2. The van der Waals surface area contributed by atoms with Crippen LogP contribution in [-0.4, -0.2) is 23.8 Å². The highest BCUT2D eigenvalue weighted by molar-refractivity contribution is 5.96. The summed E-state index contributed by atoms with van der Waals surface area (Å²) < 4.78 is 0. The molecular weight excluding hydrogens is 190 g/mol. The minimum Gasteiger partial charge on any atom is -0.285 e. The highest BCUT2D eigenvalue weighted by Gasteiger charge is 2.29. The quantitative estimate of drug-likeness (QED) is 0.717. The van der Waals surface area contributed by atoms with Gasteiger partial charge in [0.05, 0.1) is 0 Å². The molecule has 0 aliphatic heterocycles. The molecule has 0 aromatic rings. The summed E-state index contributed by atoms with van der Waals surface area (Å²) in [5.74, 6) is 0.0514. The van der Waals surface area contributed by atoms with Gasteiger partial charge in [-0.05, 0) is 19.3 Å². The molecule has 0 radical (unpaired) electrons. The molecule has 2 amide bonds. The van der Waals surface area contributed by atoms with Gasteiger partial charge in [0.2, 0.25) is 11.8 Å². The van der Waals surface area contributed by atoms with Gasteiger partial charge in [-0.25, -0.2) is 0 Å². The van der Waals surface area contributed by atoms with Crippen molar-refractivity contribution >= 4 is 11.8 Å². The Morgan fingerprint density at radius 3 is 2.33 bits per heavy atom. The van der Waals surface area contributed by atoms with Crippen LogP contribution in [0.25, 0.3) is 0 Å². The summed E-state index contributed by atoms with van der Waals surface area (Å²) >= 11 is 0. The Morgan fingerprint density at radius 2 is 1.87 bits per heavy atom. The Kier molecular flexibility index (Phi) is 4.30. The largest absolute Gasteiger partial charge is 0.285 e. The predicted octanol–water partition coefficient (Wildman–Crippen LogP) is 2.21. The lowest BCUT2D eigenvalue weighted by atomic mass is 10.0. The Balaban J connectivity index is 2.55. The molecule has 86 valence electrons. The van der Waals surface area contributed by atoms with Crippen molar-refractivity contribution in [3.63, 3.8) is 0 Å². The molecule has 1 unspecified atom stereocenters. The van der Waals surface area contributed by atoms with Gasteiger partial charge in [0.1, 0.15) is 0 Å². The van der Waals surface area contributed by atoms with Crippen molar-refractivity contribution in [2.75, 3.05) is 7.05 Å². The van der Waals surface area contributed by atoms with E-state index in [1.165, 1.54) is 4.90 Å². The van der Waals surface area contributed by atoms with Gasteiger partial charge in [0, 0.05) is 18.9 Å². The lowest BCUT2D eigenvalue weighted by Gasteiger charge is -2.21. The van der Waals surface area contributed by atoms with E-state index in [9.17, 15) is 9.59 Å². The van der Waals surface area contributed by atoms with Gasteiger partial charge in [-0.1, -0.05) is 26.7 Å². The zero-order chi connectivity index (χ0) is 11.4. The summed E-state index contributed by atoms with van der Waals surface area (Å²) in [5.41, 5.74) is 0. The maximum Gasteiger partial charge on any atom is 0.232 e. The van der Waals surface area contributed by atoms with Crippen molar-refractivity contribution in [1.29, 1.82) is 0 Å². The van der Waals surface area contributed by atoms with E-state index >= 15 is 0 Å². The third kappa shape index (κ3) is 2.80. The molecule has 0 heterocycles. The van der Waals surface area contributed by atoms with Crippen molar-refractivity contribution in [2.24, 2.45) is 11.8 Å². The third-order valence-electron chi connectivity index (χ3n) is 3.40. The fraction of sp³-hybridized carbons (Fsp3) is 0.833. The third-order valence-corrected chi connectivity index (χ3v) is 3.40. The van der Waals surface area contributed by atoms with Gasteiger partial charge in [-0.3, -0.25) is 14.5 Å². The lowest BCUT2D eigenvalue weighted by molar-refractivity contribution is -0.147. The summed E-state index contributed by atoms with van der Waals surface area (Å²) in [4.78, 5) is 25.0. The number of rotatable bonds is 3. The number of nitrogens with zero attached hydrogens (tertiary/aromatic N) is 1. The molecule has 1 aliphatic carbocycles. The van der Waals surface area contributed by atoms with Crippen LogP contribution in [0.1, 0.15) is 46.0 Å². The average molecular weight is 211 g/mol. The zero-order valence-electron chi connectivity index (χ0n) is 9.95. The van der Waals surface area contributed by atoms with Crippen LogP contribution in [-0.2, 0) is 9.59 Å². The lowest BCUT2D eigenvalue weighted by Crippen LogP contribution is -2.39. The Bertz CT molecular complexity index is 244. The van der Waals surface area contributed by atoms with E-state index < -0.39 is 0 Å². The fourth-order valence-electron chi connectivity index (χ4n) is 2.06. The van der Waals surface area contributed by atoms with Crippen LogP contribution in [0.2, 0.25) is 0 Å². The van der Waals surface area contributed by atoms with Crippen molar-refractivity contribution in [1.82, 2.24) is 4.90 Å². The second-order valence-corrected chi connectivity index (χ2v) is 4.53. The molecule has 1 aliphatic rings. The molecule has 1 rings (SSSR count). The maximum absolute atomic E-state index is 11.9. The maximum atomic E-state index is 11.9. The molecule has 3 heteroatoms. The van der Waals surface area contributed by atoms with Crippen LogP contribution < -0.4 is 0 Å². The fourth-order valence-corrected chi connectivity index (χ4v) is 2.06. The Morgan fingerprint density at radius 1 is 1.33 bits per heavy atom. The number of hydrogen-bond donors (Lipinski definition) is 0. The van der Waals surface area contributed by atoms with E-state index in [0.29, 0.717) is 0 Å². The first-order chi connectivity index (χ1) is 7.07. The Hall–Kier alpha value is -0.860. The molecule has 0 saturated heterocycles. The van der Waals surface area contributed by atoms with Crippen LogP contribution in [0.3, 0.4) is 0 Å². The van der Waals surface area contributed by atoms with Crippen LogP contribution >= 0.6 is 0 Å². The normalized spacial score (nSPS) is 18.9. The van der Waals surface area contributed by atoms with E-state index in [1.54, 1.807) is 7.05 Å². The molecule has 0 aromatic carbocycles. The van der Waals surface area contributed by atoms with E-state index in [2.05, 4.69) is 0 Å². The van der Waals surface area contributed by atoms with Crippen LogP contribution in [0, 0.1) is 11.8 Å². The molecule has 15 heavy (non-hydrogen) atoms. The first kappa shape index (κ1) is 12.2. The standard InChI is InChI=1S/C12H21NO2/c1-4-9(2)11(14)13(3)12(15)10-7-5-6-8-10/h9-10H,4-8H2,1-3H3. The van der Waals surface area contributed by atoms with E-state index in [1.807, 2.05) is 13.8 Å². The SMILES string of the molecule is CCC(C)C(=O)N(C)C(=O)C1CCCC1. The van der Waals surface area contributed by atoms with E-state index in [0.717, 1.165) is 32.1 Å². The molecule has 1 fully saturated rings.